The standard InChI is InChI=1S/C23H28O9/c1-12-10-22(11-23(12,32-13(2)24)9-8-16(22)27)18(19(28)30-4)17-14(25)6-7-15(26)21(17,3)20(29)31-5/h6-7,15,17-18,26H,1,8-11H2,2-5H3/t15-,17+,18+,21+,22-,23-/m0/s1. The normalized spacial score (nSPS) is 37.1. The topological polar surface area (TPSA) is 133 Å². The number of rotatable bonds is 5. The third-order valence-electron chi connectivity index (χ3n) is 7.44. The summed E-state index contributed by atoms with van der Waals surface area (Å²) < 4.78 is 15.5. The van der Waals surface area contributed by atoms with E-state index in [4.69, 9.17) is 14.2 Å². The fraction of sp³-hybridized carbons (Fsp3) is 0.609. The summed E-state index contributed by atoms with van der Waals surface area (Å²) in [6.45, 7) is 6.59. The Morgan fingerprint density at radius 3 is 2.44 bits per heavy atom. The van der Waals surface area contributed by atoms with E-state index in [2.05, 4.69) is 6.58 Å². The van der Waals surface area contributed by atoms with Crippen molar-refractivity contribution in [3.8, 4) is 0 Å². The van der Waals surface area contributed by atoms with Gasteiger partial charge in [-0.15, -0.1) is 0 Å². The van der Waals surface area contributed by atoms with E-state index in [1.54, 1.807) is 0 Å². The van der Waals surface area contributed by atoms with Crippen LogP contribution >= 0.6 is 0 Å². The molecule has 0 saturated heterocycles. The van der Waals surface area contributed by atoms with Crippen LogP contribution in [0.2, 0.25) is 0 Å². The molecule has 174 valence electrons. The number of aliphatic hydroxyl groups excluding tert-OH is 1. The third-order valence-corrected chi connectivity index (χ3v) is 7.44. The van der Waals surface area contributed by atoms with Crippen molar-refractivity contribution in [2.45, 2.75) is 51.2 Å². The van der Waals surface area contributed by atoms with E-state index in [0.717, 1.165) is 20.3 Å². The largest absolute Gasteiger partial charge is 0.469 e. The number of Topliss-reactive ketones (excluding diaryl/α,β-unsaturated/α-hetero) is 1. The van der Waals surface area contributed by atoms with Crippen LogP contribution in [0.5, 0.6) is 0 Å². The fourth-order valence-corrected chi connectivity index (χ4v) is 5.85. The molecule has 1 N–H and O–H groups in total. The molecule has 9 heteroatoms. The summed E-state index contributed by atoms with van der Waals surface area (Å²) in [6, 6.07) is 0. The van der Waals surface area contributed by atoms with Crippen molar-refractivity contribution in [1.29, 1.82) is 0 Å². The van der Waals surface area contributed by atoms with Gasteiger partial charge in [-0.1, -0.05) is 12.7 Å². The summed E-state index contributed by atoms with van der Waals surface area (Å²) in [5, 5.41) is 10.7. The second kappa shape index (κ2) is 7.95. The lowest BCUT2D eigenvalue weighted by molar-refractivity contribution is -0.182. The SMILES string of the molecule is C=C1C[C@]2([C@@H](C(=O)OC)[C@H]3C(=O)C=C[C@H](O)[C@@]3(C)C(=O)OC)C[C@@]1(OC(C)=O)CCC2=O. The molecule has 0 amide bonds. The van der Waals surface area contributed by atoms with E-state index >= 15 is 0 Å². The first-order valence-corrected chi connectivity index (χ1v) is 10.4. The predicted molar refractivity (Wildman–Crippen MR) is 109 cm³/mol. The Balaban J connectivity index is 2.23. The number of hydrogen-bond acceptors (Lipinski definition) is 9. The zero-order chi connectivity index (χ0) is 24.1. The zero-order valence-corrected chi connectivity index (χ0v) is 18.6. The van der Waals surface area contributed by atoms with Crippen molar-refractivity contribution in [1.82, 2.24) is 0 Å². The third kappa shape index (κ3) is 3.21. The summed E-state index contributed by atoms with van der Waals surface area (Å²) in [5.41, 5.74) is -4.02. The first-order valence-electron chi connectivity index (χ1n) is 10.4. The van der Waals surface area contributed by atoms with Crippen LogP contribution in [0.3, 0.4) is 0 Å². The number of carbonyl (C=O) groups is 5. The zero-order valence-electron chi connectivity index (χ0n) is 18.6. The number of esters is 3. The molecular formula is C23H28O9. The summed E-state index contributed by atoms with van der Waals surface area (Å²) in [5.74, 6) is -6.11. The lowest BCUT2D eigenvalue weighted by Gasteiger charge is -2.48. The van der Waals surface area contributed by atoms with Crippen molar-refractivity contribution in [2.75, 3.05) is 14.2 Å². The summed E-state index contributed by atoms with van der Waals surface area (Å²) in [4.78, 5) is 64.4. The minimum atomic E-state index is -1.85. The summed E-state index contributed by atoms with van der Waals surface area (Å²) in [6.07, 6.45) is 0.966. The molecule has 3 aliphatic rings. The number of ether oxygens (including phenoxy) is 3. The Bertz CT molecular complexity index is 934. The molecule has 9 nitrogen and oxygen atoms in total. The smallest absolute Gasteiger partial charge is 0.315 e. The van der Waals surface area contributed by atoms with Crippen LogP contribution < -0.4 is 0 Å². The molecule has 0 heterocycles. The van der Waals surface area contributed by atoms with Gasteiger partial charge in [0, 0.05) is 19.8 Å². The number of allylic oxidation sites excluding steroid dienone is 1. The highest BCUT2D eigenvalue weighted by molar-refractivity contribution is 6.03. The minimum Gasteiger partial charge on any atom is -0.469 e. The lowest BCUT2D eigenvalue weighted by Crippen LogP contribution is -2.60. The molecule has 2 bridgehead atoms. The first kappa shape index (κ1) is 23.8. The van der Waals surface area contributed by atoms with Gasteiger partial charge < -0.3 is 19.3 Å². The average Bonchev–Trinajstić information content (AvgIpc) is 2.98. The Morgan fingerprint density at radius 1 is 1.22 bits per heavy atom. The molecule has 0 aromatic rings. The second-order valence-corrected chi connectivity index (χ2v) is 9.08. The average molecular weight is 448 g/mol. The molecule has 3 aliphatic carbocycles. The van der Waals surface area contributed by atoms with Crippen molar-refractivity contribution >= 4 is 29.5 Å². The van der Waals surface area contributed by atoms with Crippen molar-refractivity contribution in [3.63, 3.8) is 0 Å². The molecule has 0 aromatic carbocycles. The molecule has 0 unspecified atom stereocenters. The number of aliphatic hydroxyl groups is 1. The quantitative estimate of drug-likeness (QED) is 0.372. The maximum atomic E-state index is 13.4. The van der Waals surface area contributed by atoms with Crippen molar-refractivity contribution in [2.24, 2.45) is 22.7 Å². The Hall–Kier alpha value is -2.81. The van der Waals surface area contributed by atoms with Gasteiger partial charge in [0.2, 0.25) is 0 Å². The van der Waals surface area contributed by atoms with Gasteiger partial charge in [0.1, 0.15) is 16.8 Å². The number of ketones is 2. The highest BCUT2D eigenvalue weighted by Crippen LogP contribution is 2.62. The Morgan fingerprint density at radius 2 is 1.88 bits per heavy atom. The van der Waals surface area contributed by atoms with E-state index in [0.29, 0.717) is 5.57 Å². The van der Waals surface area contributed by atoms with Gasteiger partial charge in [-0.3, -0.25) is 24.0 Å². The Labute approximate surface area is 185 Å². The van der Waals surface area contributed by atoms with Crippen molar-refractivity contribution < 1.29 is 43.3 Å². The molecule has 0 aromatic heterocycles. The molecule has 0 radical (unpaired) electrons. The van der Waals surface area contributed by atoms with Gasteiger partial charge in [0.15, 0.2) is 5.78 Å². The van der Waals surface area contributed by atoms with E-state index in [-0.39, 0.29) is 31.5 Å². The second-order valence-electron chi connectivity index (χ2n) is 9.08. The van der Waals surface area contributed by atoms with E-state index in [9.17, 15) is 29.1 Å². The number of fused-ring (bicyclic) bond motifs is 2. The molecule has 32 heavy (non-hydrogen) atoms. The van der Waals surface area contributed by atoms with Crippen LogP contribution in [-0.4, -0.2) is 60.5 Å². The molecular weight excluding hydrogens is 420 g/mol. The van der Waals surface area contributed by atoms with Crippen LogP contribution in [0, 0.1) is 22.7 Å². The van der Waals surface area contributed by atoms with Gasteiger partial charge in [0.25, 0.3) is 0 Å². The first-order chi connectivity index (χ1) is 14.9. The van der Waals surface area contributed by atoms with Crippen LogP contribution in [0.25, 0.3) is 0 Å². The monoisotopic (exact) mass is 448 g/mol. The van der Waals surface area contributed by atoms with Gasteiger partial charge in [0.05, 0.1) is 37.6 Å². The maximum absolute atomic E-state index is 13.4. The molecule has 6 atom stereocenters. The maximum Gasteiger partial charge on any atom is 0.315 e. The molecule has 0 spiro atoms. The minimum absolute atomic E-state index is 0.00592. The van der Waals surface area contributed by atoms with Crippen LogP contribution in [0.15, 0.2) is 24.3 Å². The van der Waals surface area contributed by atoms with E-state index in [1.165, 1.54) is 19.9 Å². The van der Waals surface area contributed by atoms with Gasteiger partial charge >= 0.3 is 17.9 Å². The lowest BCUT2D eigenvalue weighted by atomic mass is 9.53. The molecule has 2 fully saturated rings. The highest BCUT2D eigenvalue weighted by Gasteiger charge is 2.69. The molecule has 2 saturated carbocycles. The number of methoxy groups -OCH3 is 2. The number of carbonyl (C=O) groups excluding carboxylic acids is 5. The molecule has 3 rings (SSSR count). The fourth-order valence-electron chi connectivity index (χ4n) is 5.85. The summed E-state index contributed by atoms with van der Waals surface area (Å²) in [7, 11) is 2.23. The van der Waals surface area contributed by atoms with Gasteiger partial charge in [-0.25, -0.2) is 0 Å². The number of hydrogen-bond donors (Lipinski definition) is 1. The molecule has 0 aliphatic heterocycles. The summed E-state index contributed by atoms with van der Waals surface area (Å²) >= 11 is 0. The highest BCUT2D eigenvalue weighted by atomic mass is 16.6. The van der Waals surface area contributed by atoms with Gasteiger partial charge in [-0.05, 0) is 31.4 Å². The van der Waals surface area contributed by atoms with Crippen LogP contribution in [0.1, 0.15) is 39.5 Å². The van der Waals surface area contributed by atoms with Crippen LogP contribution in [-0.2, 0) is 38.2 Å². The van der Waals surface area contributed by atoms with Crippen LogP contribution in [0.4, 0.5) is 0 Å². The van der Waals surface area contributed by atoms with Gasteiger partial charge in [-0.2, -0.15) is 0 Å². The predicted octanol–water partition coefficient (Wildman–Crippen LogP) is 1.07. The Kier molecular flexibility index (Phi) is 5.93. The van der Waals surface area contributed by atoms with E-state index < -0.39 is 58.1 Å². The van der Waals surface area contributed by atoms with Crippen molar-refractivity contribution in [3.05, 3.63) is 24.3 Å². The van der Waals surface area contributed by atoms with E-state index in [1.807, 2.05) is 0 Å².